The number of aromatic amines is 1. The zero-order valence-electron chi connectivity index (χ0n) is 12.1. The summed E-state index contributed by atoms with van der Waals surface area (Å²) in [4.78, 5) is 21.3. The SMILES string of the molecule is CC(C)(C)OC(=O)N1Cc2nc(SCCCO)[nH]c2C1. The molecule has 1 amide bonds. The molecule has 2 heterocycles. The number of aliphatic hydroxyl groups excluding tert-OH is 1. The van der Waals surface area contributed by atoms with Gasteiger partial charge in [0.15, 0.2) is 5.16 Å². The molecule has 0 fully saturated rings. The maximum Gasteiger partial charge on any atom is 0.410 e. The number of hydrogen-bond acceptors (Lipinski definition) is 5. The van der Waals surface area contributed by atoms with Crippen LogP contribution in [0, 0.1) is 0 Å². The Labute approximate surface area is 122 Å². The van der Waals surface area contributed by atoms with E-state index < -0.39 is 5.60 Å². The minimum atomic E-state index is -0.480. The third-order valence-electron chi connectivity index (χ3n) is 2.73. The molecule has 1 aromatic rings. The highest BCUT2D eigenvalue weighted by molar-refractivity contribution is 7.99. The van der Waals surface area contributed by atoms with E-state index >= 15 is 0 Å². The van der Waals surface area contributed by atoms with Crippen LogP contribution in [0.2, 0.25) is 0 Å². The van der Waals surface area contributed by atoms with Crippen LogP contribution >= 0.6 is 11.8 Å². The minimum absolute atomic E-state index is 0.194. The van der Waals surface area contributed by atoms with Crippen LogP contribution in [0.3, 0.4) is 0 Å². The minimum Gasteiger partial charge on any atom is -0.444 e. The molecule has 1 aromatic heterocycles. The number of carbonyl (C=O) groups excluding carboxylic acids is 1. The molecular weight excluding hydrogens is 278 g/mol. The van der Waals surface area contributed by atoms with E-state index in [9.17, 15) is 4.79 Å². The van der Waals surface area contributed by atoms with Crippen LogP contribution < -0.4 is 0 Å². The molecule has 0 radical (unpaired) electrons. The van der Waals surface area contributed by atoms with E-state index in [4.69, 9.17) is 9.84 Å². The molecule has 0 aliphatic carbocycles. The molecule has 1 aliphatic rings. The fourth-order valence-corrected chi connectivity index (χ4v) is 2.70. The Morgan fingerprint density at radius 1 is 1.50 bits per heavy atom. The first-order chi connectivity index (χ1) is 9.39. The first-order valence-corrected chi connectivity index (χ1v) is 7.67. The molecule has 0 atom stereocenters. The van der Waals surface area contributed by atoms with E-state index in [-0.39, 0.29) is 12.7 Å². The maximum absolute atomic E-state index is 12.0. The molecule has 2 rings (SSSR count). The van der Waals surface area contributed by atoms with Gasteiger partial charge in [-0.3, -0.25) is 4.90 Å². The van der Waals surface area contributed by atoms with Crippen molar-refractivity contribution in [2.24, 2.45) is 0 Å². The number of amides is 1. The number of hydrogen-bond donors (Lipinski definition) is 2. The summed E-state index contributed by atoms with van der Waals surface area (Å²) in [7, 11) is 0. The molecular formula is C13H21N3O3S. The number of aliphatic hydroxyl groups is 1. The molecule has 7 heteroatoms. The normalized spacial score (nSPS) is 14.5. The van der Waals surface area contributed by atoms with Crippen LogP contribution in [0.15, 0.2) is 5.16 Å². The summed E-state index contributed by atoms with van der Waals surface area (Å²) in [6, 6.07) is 0. The van der Waals surface area contributed by atoms with Gasteiger partial charge in [-0.25, -0.2) is 9.78 Å². The third-order valence-corrected chi connectivity index (χ3v) is 3.68. The second-order valence-electron chi connectivity index (χ2n) is 5.73. The number of nitrogens with zero attached hydrogens (tertiary/aromatic N) is 2. The van der Waals surface area contributed by atoms with Gasteiger partial charge in [0.05, 0.1) is 24.5 Å². The van der Waals surface area contributed by atoms with Crippen LogP contribution in [-0.2, 0) is 17.8 Å². The summed E-state index contributed by atoms with van der Waals surface area (Å²) in [6.07, 6.45) is 0.443. The van der Waals surface area contributed by atoms with E-state index in [1.807, 2.05) is 20.8 Å². The predicted octanol–water partition coefficient (Wildman–Crippen LogP) is 2.13. The lowest BCUT2D eigenvalue weighted by Gasteiger charge is -2.24. The van der Waals surface area contributed by atoms with Crippen LogP contribution in [0.5, 0.6) is 0 Å². The second-order valence-corrected chi connectivity index (χ2v) is 6.81. The van der Waals surface area contributed by atoms with Crippen LogP contribution in [-0.4, -0.2) is 44.0 Å². The number of H-pyrrole nitrogens is 1. The predicted molar refractivity (Wildman–Crippen MR) is 76.5 cm³/mol. The Bertz CT molecular complexity index is 458. The van der Waals surface area contributed by atoms with Gasteiger partial charge in [0.1, 0.15) is 5.60 Å². The lowest BCUT2D eigenvalue weighted by Crippen LogP contribution is -2.33. The first kappa shape index (κ1) is 15.2. The molecule has 0 unspecified atom stereocenters. The average Bonchev–Trinajstić information content (AvgIpc) is 2.84. The van der Waals surface area contributed by atoms with Gasteiger partial charge in [-0.2, -0.15) is 0 Å². The van der Waals surface area contributed by atoms with Gasteiger partial charge in [0, 0.05) is 12.4 Å². The molecule has 0 bridgehead atoms. The molecule has 0 spiro atoms. The fraction of sp³-hybridized carbons (Fsp3) is 0.692. The molecule has 1 aliphatic heterocycles. The second kappa shape index (κ2) is 6.05. The lowest BCUT2D eigenvalue weighted by molar-refractivity contribution is 0.0238. The molecule has 0 aromatic carbocycles. The number of nitrogens with one attached hydrogen (secondary N) is 1. The van der Waals surface area contributed by atoms with Gasteiger partial charge in [-0.05, 0) is 27.2 Å². The number of carbonyl (C=O) groups is 1. The maximum atomic E-state index is 12.0. The highest BCUT2D eigenvalue weighted by Gasteiger charge is 2.30. The Morgan fingerprint density at radius 3 is 2.85 bits per heavy atom. The third kappa shape index (κ3) is 3.89. The van der Waals surface area contributed by atoms with Crippen molar-refractivity contribution in [3.05, 3.63) is 11.4 Å². The van der Waals surface area contributed by atoms with Crippen molar-refractivity contribution in [3.63, 3.8) is 0 Å². The summed E-state index contributed by atoms with van der Waals surface area (Å²) in [5.41, 5.74) is 1.40. The van der Waals surface area contributed by atoms with Crippen LogP contribution in [0.4, 0.5) is 4.79 Å². The van der Waals surface area contributed by atoms with Gasteiger partial charge in [0.25, 0.3) is 0 Å². The van der Waals surface area contributed by atoms with E-state index in [0.29, 0.717) is 13.1 Å². The summed E-state index contributed by atoms with van der Waals surface area (Å²) in [5, 5.41) is 9.60. The van der Waals surface area contributed by atoms with E-state index in [1.165, 1.54) is 0 Å². The molecule has 112 valence electrons. The van der Waals surface area contributed by atoms with Gasteiger partial charge in [-0.1, -0.05) is 11.8 Å². The highest BCUT2D eigenvalue weighted by Crippen LogP contribution is 2.26. The van der Waals surface area contributed by atoms with Crippen molar-refractivity contribution in [3.8, 4) is 0 Å². The number of ether oxygens (including phenoxy) is 1. The van der Waals surface area contributed by atoms with Crippen molar-refractivity contribution in [1.82, 2.24) is 14.9 Å². The molecule has 20 heavy (non-hydrogen) atoms. The number of thioether (sulfide) groups is 1. The molecule has 0 saturated carbocycles. The van der Waals surface area contributed by atoms with E-state index in [2.05, 4.69) is 9.97 Å². The Morgan fingerprint density at radius 2 is 2.25 bits per heavy atom. The highest BCUT2D eigenvalue weighted by atomic mass is 32.2. The standard InChI is InChI=1S/C13H21N3O3S/c1-13(2,3)19-12(18)16-7-9-10(8-16)15-11(14-9)20-6-4-5-17/h17H,4-8H2,1-3H3,(H,14,15). The van der Waals surface area contributed by atoms with Crippen molar-refractivity contribution in [2.75, 3.05) is 12.4 Å². The first-order valence-electron chi connectivity index (χ1n) is 6.68. The van der Waals surface area contributed by atoms with Crippen molar-refractivity contribution < 1.29 is 14.6 Å². The summed E-state index contributed by atoms with van der Waals surface area (Å²) >= 11 is 1.59. The summed E-state index contributed by atoms with van der Waals surface area (Å²) in [6.45, 7) is 6.76. The average molecular weight is 299 g/mol. The largest absolute Gasteiger partial charge is 0.444 e. The summed E-state index contributed by atoms with van der Waals surface area (Å²) in [5.74, 6) is 0.832. The monoisotopic (exact) mass is 299 g/mol. The number of aromatic nitrogens is 2. The van der Waals surface area contributed by atoms with Gasteiger partial charge in [-0.15, -0.1) is 0 Å². The quantitative estimate of drug-likeness (QED) is 0.658. The Kier molecular flexibility index (Phi) is 4.59. The smallest absolute Gasteiger partial charge is 0.410 e. The van der Waals surface area contributed by atoms with E-state index in [0.717, 1.165) is 28.7 Å². The molecule has 2 N–H and O–H groups in total. The molecule has 0 saturated heterocycles. The number of imidazole rings is 1. The zero-order chi connectivity index (χ0) is 14.8. The van der Waals surface area contributed by atoms with Gasteiger partial charge >= 0.3 is 6.09 Å². The van der Waals surface area contributed by atoms with Crippen molar-refractivity contribution in [2.45, 2.75) is 51.0 Å². The fourth-order valence-electron chi connectivity index (χ4n) is 1.87. The van der Waals surface area contributed by atoms with Crippen molar-refractivity contribution >= 4 is 17.9 Å². The Balaban J connectivity index is 1.89. The lowest BCUT2D eigenvalue weighted by atomic mass is 10.2. The van der Waals surface area contributed by atoms with Gasteiger partial charge in [0.2, 0.25) is 0 Å². The number of fused-ring (bicyclic) bond motifs is 1. The zero-order valence-corrected chi connectivity index (χ0v) is 12.9. The molecule has 6 nitrogen and oxygen atoms in total. The van der Waals surface area contributed by atoms with Crippen LogP contribution in [0.1, 0.15) is 38.6 Å². The summed E-state index contributed by atoms with van der Waals surface area (Å²) < 4.78 is 5.34. The van der Waals surface area contributed by atoms with Crippen LogP contribution in [0.25, 0.3) is 0 Å². The van der Waals surface area contributed by atoms with E-state index in [1.54, 1.807) is 16.7 Å². The topological polar surface area (TPSA) is 78.4 Å². The van der Waals surface area contributed by atoms with Crippen molar-refractivity contribution in [1.29, 1.82) is 0 Å². The van der Waals surface area contributed by atoms with Gasteiger partial charge < -0.3 is 14.8 Å². The Hall–Kier alpha value is -1.21. The number of rotatable bonds is 4.